The number of carbonyl (C=O) groups is 1. The number of hydrogen-bond acceptors (Lipinski definition) is 4. The monoisotopic (exact) mass is 343 g/mol. The smallest absolute Gasteiger partial charge is 0.243 e. The Morgan fingerprint density at radius 3 is 2.52 bits per heavy atom. The zero-order chi connectivity index (χ0) is 16.9. The van der Waals surface area contributed by atoms with Crippen molar-refractivity contribution in [1.82, 2.24) is 10.0 Å². The van der Waals surface area contributed by atoms with Crippen molar-refractivity contribution >= 4 is 15.9 Å². The van der Waals surface area contributed by atoms with E-state index in [1.165, 1.54) is 18.2 Å². The van der Waals surface area contributed by atoms with Gasteiger partial charge < -0.3 is 11.1 Å². The second-order valence-corrected chi connectivity index (χ2v) is 7.49. The van der Waals surface area contributed by atoms with E-state index in [1.807, 2.05) is 0 Å². The molecule has 1 aliphatic carbocycles. The van der Waals surface area contributed by atoms with Gasteiger partial charge in [0, 0.05) is 25.0 Å². The summed E-state index contributed by atoms with van der Waals surface area (Å²) in [4.78, 5) is 11.4. The van der Waals surface area contributed by atoms with Crippen molar-refractivity contribution in [3.8, 4) is 0 Å². The molecule has 1 amide bonds. The molecule has 0 spiro atoms. The topological polar surface area (TPSA) is 101 Å². The van der Waals surface area contributed by atoms with Gasteiger partial charge in [-0.05, 0) is 37.8 Å². The summed E-state index contributed by atoms with van der Waals surface area (Å²) in [6, 6.07) is 5.43. The molecule has 1 aromatic carbocycles. The molecule has 4 N–H and O–H groups in total. The van der Waals surface area contributed by atoms with Crippen LogP contribution in [0.3, 0.4) is 0 Å². The van der Waals surface area contributed by atoms with Crippen LogP contribution in [0, 0.1) is 5.82 Å². The fourth-order valence-corrected chi connectivity index (χ4v) is 3.71. The van der Waals surface area contributed by atoms with Crippen molar-refractivity contribution in [3.63, 3.8) is 0 Å². The lowest BCUT2D eigenvalue weighted by molar-refractivity contribution is -0.121. The van der Waals surface area contributed by atoms with E-state index >= 15 is 0 Å². The quantitative estimate of drug-likeness (QED) is 0.714. The summed E-state index contributed by atoms with van der Waals surface area (Å²) in [5.41, 5.74) is 5.80. The van der Waals surface area contributed by atoms with E-state index in [0.29, 0.717) is 0 Å². The maximum Gasteiger partial charge on any atom is 0.243 e. The molecule has 23 heavy (non-hydrogen) atoms. The highest BCUT2D eigenvalue weighted by Gasteiger charge is 2.21. The SMILES string of the molecule is NC1CCC(NC(=O)CCNS(=O)(=O)c2ccccc2F)CC1. The molecule has 1 aliphatic rings. The Kier molecular flexibility index (Phi) is 6.09. The van der Waals surface area contributed by atoms with E-state index in [1.54, 1.807) is 0 Å². The number of benzene rings is 1. The highest BCUT2D eigenvalue weighted by molar-refractivity contribution is 7.89. The zero-order valence-electron chi connectivity index (χ0n) is 12.8. The van der Waals surface area contributed by atoms with E-state index in [2.05, 4.69) is 10.0 Å². The van der Waals surface area contributed by atoms with Crippen molar-refractivity contribution in [2.75, 3.05) is 6.54 Å². The molecular formula is C15H22FN3O3S. The van der Waals surface area contributed by atoms with Gasteiger partial charge in [-0.1, -0.05) is 12.1 Å². The van der Waals surface area contributed by atoms with Crippen LogP contribution >= 0.6 is 0 Å². The Balaban J connectivity index is 1.78. The Labute approximate surface area is 135 Å². The number of hydrogen-bond donors (Lipinski definition) is 3. The fraction of sp³-hybridized carbons (Fsp3) is 0.533. The first kappa shape index (κ1) is 17.8. The van der Waals surface area contributed by atoms with Gasteiger partial charge in [0.05, 0.1) is 0 Å². The molecule has 1 saturated carbocycles. The second-order valence-electron chi connectivity index (χ2n) is 5.76. The molecule has 0 heterocycles. The van der Waals surface area contributed by atoms with Crippen LogP contribution in [0.2, 0.25) is 0 Å². The van der Waals surface area contributed by atoms with Crippen LogP contribution < -0.4 is 15.8 Å². The standard InChI is InChI=1S/C15H22FN3O3S/c16-13-3-1-2-4-14(13)23(21,22)18-10-9-15(20)19-12-7-5-11(17)6-8-12/h1-4,11-12,18H,5-10,17H2,(H,19,20). The summed E-state index contributed by atoms with van der Waals surface area (Å²) >= 11 is 0. The highest BCUT2D eigenvalue weighted by atomic mass is 32.2. The van der Waals surface area contributed by atoms with Gasteiger partial charge in [-0.25, -0.2) is 17.5 Å². The van der Waals surface area contributed by atoms with Gasteiger partial charge in [-0.3, -0.25) is 4.79 Å². The maximum atomic E-state index is 13.5. The van der Waals surface area contributed by atoms with Crippen LogP contribution in [0.1, 0.15) is 32.1 Å². The summed E-state index contributed by atoms with van der Waals surface area (Å²) in [7, 11) is -3.95. The van der Waals surface area contributed by atoms with E-state index in [4.69, 9.17) is 5.73 Å². The molecule has 0 saturated heterocycles. The third-order valence-electron chi connectivity index (χ3n) is 3.91. The van der Waals surface area contributed by atoms with Crippen molar-refractivity contribution in [3.05, 3.63) is 30.1 Å². The van der Waals surface area contributed by atoms with Gasteiger partial charge in [0.15, 0.2) is 0 Å². The van der Waals surface area contributed by atoms with Crippen LogP contribution in [0.15, 0.2) is 29.2 Å². The first-order valence-electron chi connectivity index (χ1n) is 7.67. The Morgan fingerprint density at radius 2 is 1.87 bits per heavy atom. The maximum absolute atomic E-state index is 13.5. The molecule has 2 rings (SSSR count). The largest absolute Gasteiger partial charge is 0.353 e. The summed E-state index contributed by atoms with van der Waals surface area (Å²) in [5.74, 6) is -1.04. The van der Waals surface area contributed by atoms with E-state index in [0.717, 1.165) is 31.7 Å². The van der Waals surface area contributed by atoms with Crippen molar-refractivity contribution in [2.24, 2.45) is 5.73 Å². The Bertz CT molecular complexity index is 643. The predicted octanol–water partition coefficient (Wildman–Crippen LogP) is 0.880. The van der Waals surface area contributed by atoms with Gasteiger partial charge in [-0.2, -0.15) is 0 Å². The fourth-order valence-electron chi connectivity index (χ4n) is 2.60. The molecule has 6 nitrogen and oxygen atoms in total. The number of nitrogens with one attached hydrogen (secondary N) is 2. The minimum absolute atomic E-state index is 0.0102. The van der Waals surface area contributed by atoms with E-state index in [9.17, 15) is 17.6 Å². The average molecular weight is 343 g/mol. The van der Waals surface area contributed by atoms with Crippen molar-refractivity contribution in [1.29, 1.82) is 0 Å². The molecular weight excluding hydrogens is 321 g/mol. The van der Waals surface area contributed by atoms with Gasteiger partial charge in [0.1, 0.15) is 10.7 Å². The van der Waals surface area contributed by atoms with Crippen LogP contribution in [-0.2, 0) is 14.8 Å². The molecule has 8 heteroatoms. The summed E-state index contributed by atoms with van der Waals surface area (Å²) in [6.45, 7) is -0.0747. The van der Waals surface area contributed by atoms with Gasteiger partial charge in [0.2, 0.25) is 15.9 Å². The number of sulfonamides is 1. The minimum Gasteiger partial charge on any atom is -0.353 e. The van der Waals surface area contributed by atoms with Crippen molar-refractivity contribution < 1.29 is 17.6 Å². The number of amides is 1. The van der Waals surface area contributed by atoms with E-state index in [-0.39, 0.29) is 31.0 Å². The lowest BCUT2D eigenvalue weighted by Crippen LogP contribution is -2.41. The van der Waals surface area contributed by atoms with Crippen LogP contribution in [0.5, 0.6) is 0 Å². The number of carbonyl (C=O) groups excluding carboxylic acids is 1. The van der Waals surface area contributed by atoms with Crippen LogP contribution in [-0.4, -0.2) is 33.0 Å². The molecule has 1 aromatic rings. The molecule has 0 unspecified atom stereocenters. The lowest BCUT2D eigenvalue weighted by Gasteiger charge is -2.26. The third kappa shape index (κ3) is 5.26. The third-order valence-corrected chi connectivity index (χ3v) is 5.40. The van der Waals surface area contributed by atoms with Gasteiger partial charge >= 0.3 is 0 Å². The normalized spacial score (nSPS) is 21.8. The predicted molar refractivity (Wildman–Crippen MR) is 84.6 cm³/mol. The minimum atomic E-state index is -3.95. The molecule has 0 bridgehead atoms. The highest BCUT2D eigenvalue weighted by Crippen LogP contribution is 2.17. The number of nitrogens with two attached hydrogens (primary N) is 1. The zero-order valence-corrected chi connectivity index (χ0v) is 13.6. The summed E-state index contributed by atoms with van der Waals surface area (Å²) in [5, 5.41) is 2.87. The molecule has 0 aliphatic heterocycles. The number of rotatable bonds is 6. The summed E-state index contributed by atoms with van der Waals surface area (Å²) in [6.07, 6.45) is 3.45. The van der Waals surface area contributed by atoms with Crippen LogP contribution in [0.4, 0.5) is 4.39 Å². The average Bonchev–Trinajstić information content (AvgIpc) is 2.49. The first-order chi connectivity index (χ1) is 10.9. The molecule has 0 atom stereocenters. The molecule has 1 fully saturated rings. The van der Waals surface area contributed by atoms with Crippen LogP contribution in [0.25, 0.3) is 0 Å². The van der Waals surface area contributed by atoms with E-state index < -0.39 is 20.7 Å². The van der Waals surface area contributed by atoms with Gasteiger partial charge in [-0.15, -0.1) is 0 Å². The lowest BCUT2D eigenvalue weighted by atomic mass is 9.92. The summed E-state index contributed by atoms with van der Waals surface area (Å²) < 4.78 is 39.7. The molecule has 128 valence electrons. The Hall–Kier alpha value is -1.51. The van der Waals surface area contributed by atoms with Crippen molar-refractivity contribution in [2.45, 2.75) is 49.1 Å². The first-order valence-corrected chi connectivity index (χ1v) is 9.16. The second kappa shape index (κ2) is 7.85. The molecule has 0 aromatic heterocycles. The Morgan fingerprint density at radius 1 is 1.22 bits per heavy atom. The van der Waals surface area contributed by atoms with Gasteiger partial charge in [0.25, 0.3) is 0 Å². The molecule has 0 radical (unpaired) electrons. The number of halogens is 1.